The van der Waals surface area contributed by atoms with E-state index in [-0.39, 0.29) is 11.4 Å². The van der Waals surface area contributed by atoms with Crippen LogP contribution < -0.4 is 5.32 Å². The summed E-state index contributed by atoms with van der Waals surface area (Å²) in [7, 11) is 0. The van der Waals surface area contributed by atoms with Gasteiger partial charge in [0.2, 0.25) is 0 Å². The van der Waals surface area contributed by atoms with Gasteiger partial charge in [-0.05, 0) is 69.1 Å². The third-order valence-electron chi connectivity index (χ3n) is 4.02. The number of nitrogens with zero attached hydrogens (tertiary/aromatic N) is 2. The Morgan fingerprint density at radius 1 is 1.52 bits per heavy atom. The van der Waals surface area contributed by atoms with Crippen LogP contribution in [0.4, 0.5) is 0 Å². The van der Waals surface area contributed by atoms with Gasteiger partial charge >= 0.3 is 0 Å². The van der Waals surface area contributed by atoms with Gasteiger partial charge in [-0.3, -0.25) is 14.7 Å². The quantitative estimate of drug-likeness (QED) is 0.907. The SMILES string of the molecule is Cc1ncc(C(=O)NC[C@@H]2CCCN2C(C)(C)C)cc1Br. The van der Waals surface area contributed by atoms with E-state index in [0.717, 1.165) is 23.1 Å². The van der Waals surface area contributed by atoms with Crippen LogP contribution in [0.5, 0.6) is 0 Å². The Morgan fingerprint density at radius 3 is 2.86 bits per heavy atom. The highest BCUT2D eigenvalue weighted by Gasteiger charge is 2.32. The molecular weight excluding hydrogens is 330 g/mol. The fourth-order valence-electron chi connectivity index (χ4n) is 2.87. The van der Waals surface area contributed by atoms with E-state index in [4.69, 9.17) is 0 Å². The molecule has 5 heteroatoms. The molecule has 0 unspecified atom stereocenters. The monoisotopic (exact) mass is 353 g/mol. The summed E-state index contributed by atoms with van der Waals surface area (Å²) in [6.07, 6.45) is 3.98. The number of rotatable bonds is 3. The van der Waals surface area contributed by atoms with Gasteiger partial charge in [0.1, 0.15) is 0 Å². The molecule has 0 spiro atoms. The number of amides is 1. The smallest absolute Gasteiger partial charge is 0.252 e. The molecule has 1 aliphatic rings. The van der Waals surface area contributed by atoms with Crippen molar-refractivity contribution < 1.29 is 4.79 Å². The first-order valence-electron chi connectivity index (χ1n) is 7.46. The van der Waals surface area contributed by atoms with Crippen LogP contribution in [0.2, 0.25) is 0 Å². The number of nitrogens with one attached hydrogen (secondary N) is 1. The van der Waals surface area contributed by atoms with E-state index in [1.165, 1.54) is 6.42 Å². The van der Waals surface area contributed by atoms with Crippen LogP contribution in [0.1, 0.15) is 49.7 Å². The van der Waals surface area contributed by atoms with Gasteiger partial charge < -0.3 is 5.32 Å². The molecular formula is C16H24BrN3O. The van der Waals surface area contributed by atoms with Gasteiger partial charge in [0.05, 0.1) is 11.3 Å². The summed E-state index contributed by atoms with van der Waals surface area (Å²) in [6, 6.07) is 2.25. The third-order valence-corrected chi connectivity index (χ3v) is 4.83. The lowest BCUT2D eigenvalue weighted by Gasteiger charge is -2.37. The number of hydrogen-bond acceptors (Lipinski definition) is 3. The fourth-order valence-corrected chi connectivity index (χ4v) is 3.22. The minimum atomic E-state index is -0.0519. The van der Waals surface area contributed by atoms with Gasteiger partial charge in [-0.15, -0.1) is 0 Å². The lowest BCUT2D eigenvalue weighted by molar-refractivity contribution is 0.0897. The van der Waals surface area contributed by atoms with E-state index in [1.54, 1.807) is 6.20 Å². The summed E-state index contributed by atoms with van der Waals surface area (Å²) in [4.78, 5) is 18.9. The van der Waals surface area contributed by atoms with Gasteiger partial charge in [-0.2, -0.15) is 0 Å². The van der Waals surface area contributed by atoms with E-state index >= 15 is 0 Å². The van der Waals surface area contributed by atoms with Crippen molar-refractivity contribution in [1.29, 1.82) is 0 Å². The zero-order chi connectivity index (χ0) is 15.6. The van der Waals surface area contributed by atoms with Crippen LogP contribution in [-0.4, -0.2) is 40.5 Å². The minimum absolute atomic E-state index is 0.0519. The topological polar surface area (TPSA) is 45.2 Å². The molecule has 1 aromatic heterocycles. The summed E-state index contributed by atoms with van der Waals surface area (Å²) in [5.41, 5.74) is 1.65. The van der Waals surface area contributed by atoms with Crippen molar-refractivity contribution in [3.63, 3.8) is 0 Å². The largest absolute Gasteiger partial charge is 0.350 e. The van der Waals surface area contributed by atoms with Crippen LogP contribution in [0.25, 0.3) is 0 Å². The minimum Gasteiger partial charge on any atom is -0.350 e. The number of halogens is 1. The second-order valence-electron chi connectivity index (χ2n) is 6.66. The molecule has 2 rings (SSSR count). The van der Waals surface area contributed by atoms with Crippen LogP contribution in [0.3, 0.4) is 0 Å². The van der Waals surface area contributed by atoms with Crippen molar-refractivity contribution in [3.05, 3.63) is 28.0 Å². The van der Waals surface area contributed by atoms with E-state index < -0.39 is 0 Å². The van der Waals surface area contributed by atoms with Crippen molar-refractivity contribution in [2.75, 3.05) is 13.1 Å². The second-order valence-corrected chi connectivity index (χ2v) is 7.52. The molecule has 0 radical (unpaired) electrons. The molecule has 1 aliphatic heterocycles. The molecule has 21 heavy (non-hydrogen) atoms. The van der Waals surface area contributed by atoms with Gasteiger partial charge in [-0.1, -0.05) is 0 Å². The average Bonchev–Trinajstić information content (AvgIpc) is 2.87. The van der Waals surface area contributed by atoms with E-state index in [0.29, 0.717) is 18.2 Å². The molecule has 0 bridgehead atoms. The summed E-state index contributed by atoms with van der Waals surface area (Å²) in [5, 5.41) is 3.05. The molecule has 1 fully saturated rings. The standard InChI is InChI=1S/C16H24BrN3O/c1-11-14(17)8-12(9-18-11)15(21)19-10-13-6-5-7-20(13)16(2,3)4/h8-9,13H,5-7,10H2,1-4H3,(H,19,21)/t13-/m0/s1. The van der Waals surface area contributed by atoms with Gasteiger partial charge in [0.25, 0.3) is 5.91 Å². The predicted octanol–water partition coefficient (Wildman–Crippen LogP) is 3.15. The molecule has 2 heterocycles. The Morgan fingerprint density at radius 2 is 2.24 bits per heavy atom. The normalized spacial score (nSPS) is 19.8. The first-order valence-corrected chi connectivity index (χ1v) is 8.25. The maximum atomic E-state index is 12.2. The van der Waals surface area contributed by atoms with Gasteiger partial charge in [0.15, 0.2) is 0 Å². The van der Waals surface area contributed by atoms with Crippen LogP contribution in [0, 0.1) is 6.92 Å². The highest BCUT2D eigenvalue weighted by molar-refractivity contribution is 9.10. The Balaban J connectivity index is 1.96. The number of pyridine rings is 1. The van der Waals surface area contributed by atoms with Crippen molar-refractivity contribution in [1.82, 2.24) is 15.2 Å². The first-order chi connectivity index (χ1) is 9.79. The molecule has 1 aromatic rings. The Bertz CT molecular complexity index is 525. The molecule has 1 N–H and O–H groups in total. The lowest BCUT2D eigenvalue weighted by atomic mass is 10.0. The van der Waals surface area contributed by atoms with Gasteiger partial charge in [0, 0.05) is 28.8 Å². The highest BCUT2D eigenvalue weighted by Crippen LogP contribution is 2.25. The highest BCUT2D eigenvalue weighted by atomic mass is 79.9. The summed E-state index contributed by atoms with van der Waals surface area (Å²) < 4.78 is 0.868. The van der Waals surface area contributed by atoms with E-state index in [9.17, 15) is 4.79 Å². The van der Waals surface area contributed by atoms with Crippen molar-refractivity contribution in [2.45, 2.75) is 52.1 Å². The Labute approximate surface area is 135 Å². The molecule has 4 nitrogen and oxygen atoms in total. The van der Waals surface area contributed by atoms with Crippen molar-refractivity contribution in [2.24, 2.45) is 0 Å². The molecule has 1 saturated heterocycles. The van der Waals surface area contributed by atoms with Gasteiger partial charge in [-0.25, -0.2) is 0 Å². The predicted molar refractivity (Wildman–Crippen MR) is 88.5 cm³/mol. The molecule has 1 atom stereocenters. The second kappa shape index (κ2) is 6.44. The summed E-state index contributed by atoms with van der Waals surface area (Å²) >= 11 is 3.42. The van der Waals surface area contributed by atoms with Crippen molar-refractivity contribution in [3.8, 4) is 0 Å². The lowest BCUT2D eigenvalue weighted by Crippen LogP contribution is -2.49. The summed E-state index contributed by atoms with van der Waals surface area (Å²) in [6.45, 7) is 10.4. The van der Waals surface area contributed by atoms with E-state index in [1.807, 2.05) is 13.0 Å². The average molecular weight is 354 g/mol. The maximum Gasteiger partial charge on any atom is 0.252 e. The van der Waals surface area contributed by atoms with Crippen LogP contribution in [0.15, 0.2) is 16.7 Å². The molecule has 0 aromatic carbocycles. The molecule has 0 saturated carbocycles. The number of aromatic nitrogens is 1. The number of likely N-dealkylation sites (tertiary alicyclic amines) is 1. The van der Waals surface area contributed by atoms with E-state index in [2.05, 4.69) is 51.9 Å². The van der Waals surface area contributed by atoms with Crippen LogP contribution >= 0.6 is 15.9 Å². The number of carbonyl (C=O) groups is 1. The van der Waals surface area contributed by atoms with Crippen molar-refractivity contribution >= 4 is 21.8 Å². The number of hydrogen-bond donors (Lipinski definition) is 1. The maximum absolute atomic E-state index is 12.2. The fraction of sp³-hybridized carbons (Fsp3) is 0.625. The zero-order valence-corrected chi connectivity index (χ0v) is 14.8. The van der Waals surface area contributed by atoms with Crippen LogP contribution in [-0.2, 0) is 0 Å². The molecule has 0 aliphatic carbocycles. The first kappa shape index (κ1) is 16.4. The number of aryl methyl sites for hydroxylation is 1. The third kappa shape index (κ3) is 4.04. The Kier molecular flexibility index (Phi) is 5.04. The Hall–Kier alpha value is -0.940. The molecule has 1 amide bonds. The zero-order valence-electron chi connectivity index (χ0n) is 13.2. The summed E-state index contributed by atoms with van der Waals surface area (Å²) in [5.74, 6) is -0.0519. The molecule has 116 valence electrons. The number of carbonyl (C=O) groups excluding carboxylic acids is 1.